The fourth-order valence-corrected chi connectivity index (χ4v) is 2.28. The molecule has 1 fully saturated rings. The third kappa shape index (κ3) is 3.37. The Balaban J connectivity index is 2.09. The molecule has 5 heteroatoms. The van der Waals surface area contributed by atoms with Gasteiger partial charge < -0.3 is 10.0 Å². The summed E-state index contributed by atoms with van der Waals surface area (Å²) in [7, 11) is 2.04. The molecule has 1 aromatic rings. The predicted molar refractivity (Wildman–Crippen MR) is 70.3 cm³/mol. The Morgan fingerprint density at radius 3 is 2.37 bits per heavy atom. The van der Waals surface area contributed by atoms with E-state index in [2.05, 4.69) is 9.80 Å². The van der Waals surface area contributed by atoms with E-state index >= 15 is 0 Å². The van der Waals surface area contributed by atoms with Gasteiger partial charge in [0.1, 0.15) is 5.82 Å². The van der Waals surface area contributed by atoms with Crippen LogP contribution in [0.2, 0.25) is 0 Å². The zero-order chi connectivity index (χ0) is 13.9. The van der Waals surface area contributed by atoms with Crippen LogP contribution in [0, 0.1) is 5.82 Å². The van der Waals surface area contributed by atoms with Crippen LogP contribution in [0.4, 0.5) is 4.39 Å². The van der Waals surface area contributed by atoms with E-state index in [1.54, 1.807) is 0 Å². The summed E-state index contributed by atoms with van der Waals surface area (Å²) < 4.78 is 12.9. The van der Waals surface area contributed by atoms with Crippen molar-refractivity contribution in [3.63, 3.8) is 0 Å². The Kier molecular flexibility index (Phi) is 4.29. The van der Waals surface area contributed by atoms with Crippen molar-refractivity contribution in [3.05, 3.63) is 35.6 Å². The molecule has 1 unspecified atom stereocenters. The molecule has 0 amide bonds. The Labute approximate surface area is 112 Å². The second-order valence-electron chi connectivity index (χ2n) is 5.13. The van der Waals surface area contributed by atoms with Gasteiger partial charge in [0.2, 0.25) is 0 Å². The summed E-state index contributed by atoms with van der Waals surface area (Å²) in [5.41, 5.74) is -1.13. The Bertz CT molecular complexity index is 430. The average Bonchev–Trinajstić information content (AvgIpc) is 2.42. The van der Waals surface area contributed by atoms with Crippen molar-refractivity contribution in [1.82, 2.24) is 9.80 Å². The first-order valence-electron chi connectivity index (χ1n) is 6.39. The summed E-state index contributed by atoms with van der Waals surface area (Å²) in [5, 5.41) is 10.5. The van der Waals surface area contributed by atoms with Gasteiger partial charge in [-0.2, -0.15) is 0 Å². The molecule has 1 atom stereocenters. The highest BCUT2D eigenvalue weighted by molar-refractivity contribution is 5.66. The van der Waals surface area contributed by atoms with Crippen LogP contribution < -0.4 is 0 Å². The zero-order valence-electron chi connectivity index (χ0n) is 11.1. The number of benzene rings is 1. The van der Waals surface area contributed by atoms with Gasteiger partial charge in [-0.25, -0.2) is 4.39 Å². The number of hydrogen-bond donors (Lipinski definition) is 1. The second kappa shape index (κ2) is 5.77. The van der Waals surface area contributed by atoms with Crippen LogP contribution in [0.15, 0.2) is 24.3 Å². The van der Waals surface area contributed by atoms with Crippen LogP contribution in [-0.4, -0.2) is 61.0 Å². The summed E-state index contributed by atoms with van der Waals surface area (Å²) in [4.78, 5) is 15.5. The van der Waals surface area contributed by atoms with Crippen molar-refractivity contribution >= 4 is 6.29 Å². The van der Waals surface area contributed by atoms with Crippen LogP contribution in [0.25, 0.3) is 0 Å². The molecule has 1 heterocycles. The summed E-state index contributed by atoms with van der Waals surface area (Å²) >= 11 is 0. The first-order chi connectivity index (χ1) is 9.03. The topological polar surface area (TPSA) is 43.8 Å². The first-order valence-corrected chi connectivity index (χ1v) is 6.39. The molecule has 1 aromatic carbocycles. The quantitative estimate of drug-likeness (QED) is 0.804. The number of β-amino-alcohol motifs (C(OH)–C–C–N with tert-alkyl or cyclic N) is 1. The molecular formula is C14H19FN2O2. The Morgan fingerprint density at radius 2 is 1.84 bits per heavy atom. The third-order valence-electron chi connectivity index (χ3n) is 3.60. The molecule has 0 saturated carbocycles. The molecule has 1 saturated heterocycles. The lowest BCUT2D eigenvalue weighted by molar-refractivity contribution is -0.127. The largest absolute Gasteiger partial charge is 0.376 e. The fourth-order valence-electron chi connectivity index (χ4n) is 2.28. The van der Waals surface area contributed by atoms with Crippen molar-refractivity contribution in [3.8, 4) is 0 Å². The van der Waals surface area contributed by atoms with Crippen LogP contribution in [0.3, 0.4) is 0 Å². The second-order valence-corrected chi connectivity index (χ2v) is 5.13. The normalized spacial score (nSPS) is 21.0. The third-order valence-corrected chi connectivity index (χ3v) is 3.60. The average molecular weight is 266 g/mol. The minimum absolute atomic E-state index is 0.246. The molecular weight excluding hydrogens is 247 g/mol. The van der Waals surface area contributed by atoms with E-state index in [0.29, 0.717) is 11.8 Å². The summed E-state index contributed by atoms with van der Waals surface area (Å²) in [5.74, 6) is -0.378. The number of nitrogens with zero attached hydrogens (tertiary/aromatic N) is 2. The maximum Gasteiger partial charge on any atom is 0.157 e. The van der Waals surface area contributed by atoms with E-state index in [4.69, 9.17) is 0 Å². The van der Waals surface area contributed by atoms with Gasteiger partial charge in [-0.3, -0.25) is 9.69 Å². The van der Waals surface area contributed by atoms with Gasteiger partial charge in [0, 0.05) is 32.7 Å². The van der Waals surface area contributed by atoms with E-state index in [1.165, 1.54) is 24.3 Å². The van der Waals surface area contributed by atoms with E-state index in [0.717, 1.165) is 26.2 Å². The monoisotopic (exact) mass is 266 g/mol. The van der Waals surface area contributed by atoms with Crippen LogP contribution in [0.5, 0.6) is 0 Å². The zero-order valence-corrected chi connectivity index (χ0v) is 11.1. The van der Waals surface area contributed by atoms with Gasteiger partial charge >= 0.3 is 0 Å². The molecule has 104 valence electrons. The van der Waals surface area contributed by atoms with Gasteiger partial charge in [0.05, 0.1) is 0 Å². The molecule has 0 aliphatic carbocycles. The molecule has 4 nitrogen and oxygen atoms in total. The predicted octanol–water partition coefficient (Wildman–Crippen LogP) is 0.460. The van der Waals surface area contributed by atoms with Crippen molar-refractivity contribution in [1.29, 1.82) is 0 Å². The van der Waals surface area contributed by atoms with Crippen molar-refractivity contribution in [2.24, 2.45) is 0 Å². The lowest BCUT2D eigenvalue weighted by Gasteiger charge is -2.36. The number of halogens is 1. The number of hydrogen-bond acceptors (Lipinski definition) is 4. The smallest absolute Gasteiger partial charge is 0.157 e. The van der Waals surface area contributed by atoms with Crippen LogP contribution >= 0.6 is 0 Å². The number of aldehydes is 1. The molecule has 0 radical (unpaired) electrons. The van der Waals surface area contributed by atoms with Gasteiger partial charge in [0.15, 0.2) is 11.9 Å². The van der Waals surface area contributed by atoms with E-state index in [9.17, 15) is 14.3 Å². The highest BCUT2D eigenvalue weighted by atomic mass is 19.1. The number of carbonyl (C=O) groups excluding carboxylic acids is 1. The van der Waals surface area contributed by atoms with Crippen LogP contribution in [0.1, 0.15) is 5.56 Å². The Hall–Kier alpha value is -1.30. The number of piperazine rings is 1. The van der Waals surface area contributed by atoms with Gasteiger partial charge in [0.25, 0.3) is 0 Å². The highest BCUT2D eigenvalue weighted by Crippen LogP contribution is 2.21. The molecule has 19 heavy (non-hydrogen) atoms. The highest BCUT2D eigenvalue weighted by Gasteiger charge is 2.32. The van der Waals surface area contributed by atoms with Crippen LogP contribution in [-0.2, 0) is 10.4 Å². The summed E-state index contributed by atoms with van der Waals surface area (Å²) in [6, 6.07) is 5.43. The van der Waals surface area contributed by atoms with Crippen molar-refractivity contribution in [2.75, 3.05) is 39.8 Å². The molecule has 0 aromatic heterocycles. The van der Waals surface area contributed by atoms with Gasteiger partial charge in [-0.1, -0.05) is 12.1 Å². The molecule has 0 bridgehead atoms. The number of aliphatic hydroxyl groups is 1. The van der Waals surface area contributed by atoms with Crippen molar-refractivity contribution in [2.45, 2.75) is 5.60 Å². The lowest BCUT2D eigenvalue weighted by Crippen LogP contribution is -2.50. The number of carbonyl (C=O) groups is 1. The molecule has 1 N–H and O–H groups in total. The minimum atomic E-state index is -1.57. The fraction of sp³-hybridized carbons (Fsp3) is 0.500. The number of likely N-dealkylation sites (N-methyl/N-ethyl adjacent to an activating group) is 1. The van der Waals surface area contributed by atoms with Gasteiger partial charge in [-0.05, 0) is 24.7 Å². The maximum atomic E-state index is 12.9. The van der Waals surface area contributed by atoms with E-state index in [-0.39, 0.29) is 12.4 Å². The maximum absolute atomic E-state index is 12.9. The first kappa shape index (κ1) is 14.1. The molecule has 1 aliphatic heterocycles. The van der Waals surface area contributed by atoms with E-state index < -0.39 is 5.60 Å². The molecule has 0 spiro atoms. The van der Waals surface area contributed by atoms with E-state index in [1.807, 2.05) is 7.05 Å². The lowest BCUT2D eigenvalue weighted by atomic mass is 9.94. The standard InChI is InChI=1S/C14H19FN2O2/c1-16-6-8-17(9-7-16)10-14(19,11-18)12-2-4-13(15)5-3-12/h2-5,11,19H,6-10H2,1H3. The summed E-state index contributed by atoms with van der Waals surface area (Å²) in [6.07, 6.45) is 0.540. The Morgan fingerprint density at radius 1 is 1.26 bits per heavy atom. The van der Waals surface area contributed by atoms with Gasteiger partial charge in [-0.15, -0.1) is 0 Å². The molecule has 1 aliphatic rings. The molecule has 2 rings (SSSR count). The summed E-state index contributed by atoms with van der Waals surface area (Å²) in [6.45, 7) is 3.70. The minimum Gasteiger partial charge on any atom is -0.376 e. The van der Waals surface area contributed by atoms with Crippen molar-refractivity contribution < 1.29 is 14.3 Å². The number of rotatable bonds is 4. The SMILES string of the molecule is CN1CCN(CC(O)(C=O)c2ccc(F)cc2)CC1.